The van der Waals surface area contributed by atoms with Crippen molar-refractivity contribution in [1.82, 2.24) is 0 Å². The molecular formula is C9H4F3N3O3. The highest BCUT2D eigenvalue weighted by atomic mass is 19.4. The van der Waals surface area contributed by atoms with Crippen molar-refractivity contribution in [1.29, 1.82) is 0 Å². The largest absolute Gasteiger partial charge is 0.573 e. The molecule has 1 heterocycles. The number of nitrogens with zero attached hydrogens (tertiary/aromatic N) is 3. The first-order chi connectivity index (χ1) is 8.37. The summed E-state index contributed by atoms with van der Waals surface area (Å²) in [7, 11) is 0. The van der Waals surface area contributed by atoms with Crippen molar-refractivity contribution in [3.05, 3.63) is 24.3 Å². The topological polar surface area (TPSA) is 71.3 Å². The summed E-state index contributed by atoms with van der Waals surface area (Å²) in [4.78, 5) is 22.9. The van der Waals surface area contributed by atoms with Crippen molar-refractivity contribution in [2.24, 2.45) is 10.2 Å². The molecule has 2 rings (SSSR count). The third-order valence-electron chi connectivity index (χ3n) is 1.93. The maximum absolute atomic E-state index is 11.9. The second-order valence-electron chi connectivity index (χ2n) is 3.14. The van der Waals surface area contributed by atoms with Crippen LogP contribution in [0.15, 0.2) is 34.5 Å². The van der Waals surface area contributed by atoms with E-state index in [1.165, 1.54) is 0 Å². The van der Waals surface area contributed by atoms with E-state index < -0.39 is 24.2 Å². The van der Waals surface area contributed by atoms with Crippen LogP contribution in [0.25, 0.3) is 0 Å². The molecule has 0 spiro atoms. The van der Waals surface area contributed by atoms with Crippen molar-refractivity contribution in [3.8, 4) is 5.75 Å². The zero-order chi connectivity index (χ0) is 13.3. The smallest absolute Gasteiger partial charge is 0.406 e. The number of azo groups is 1. The molecule has 18 heavy (non-hydrogen) atoms. The molecule has 0 unspecified atom stereocenters. The Kier molecular flexibility index (Phi) is 2.73. The van der Waals surface area contributed by atoms with E-state index in [9.17, 15) is 22.8 Å². The van der Waals surface area contributed by atoms with E-state index in [-0.39, 0.29) is 5.69 Å². The minimum absolute atomic E-state index is 0.0597. The quantitative estimate of drug-likeness (QED) is 0.819. The van der Waals surface area contributed by atoms with Gasteiger partial charge >= 0.3 is 18.4 Å². The molecular weight excluding hydrogens is 255 g/mol. The molecule has 0 bridgehead atoms. The molecule has 4 amide bonds. The van der Waals surface area contributed by atoms with E-state index in [4.69, 9.17) is 0 Å². The van der Waals surface area contributed by atoms with Gasteiger partial charge in [-0.2, -0.15) is 0 Å². The van der Waals surface area contributed by atoms with Crippen LogP contribution in [-0.4, -0.2) is 18.4 Å². The fraction of sp³-hybridized carbons (Fsp3) is 0.111. The normalized spacial score (nSPS) is 15.4. The van der Waals surface area contributed by atoms with Crippen LogP contribution in [-0.2, 0) is 0 Å². The maximum atomic E-state index is 11.9. The third kappa shape index (κ3) is 2.44. The first kappa shape index (κ1) is 12.0. The van der Waals surface area contributed by atoms with Crippen molar-refractivity contribution >= 4 is 17.7 Å². The number of ether oxygens (including phenoxy) is 1. The van der Waals surface area contributed by atoms with Gasteiger partial charge < -0.3 is 4.74 Å². The van der Waals surface area contributed by atoms with Gasteiger partial charge in [-0.05, 0) is 24.3 Å². The molecule has 0 fully saturated rings. The highest BCUT2D eigenvalue weighted by Crippen LogP contribution is 2.27. The van der Waals surface area contributed by atoms with Gasteiger partial charge in [-0.1, -0.05) is 10.2 Å². The number of imide groups is 1. The second-order valence-corrected chi connectivity index (χ2v) is 3.14. The minimum atomic E-state index is -4.80. The Bertz CT molecular complexity index is 506. The fourth-order valence-corrected chi connectivity index (χ4v) is 1.27. The van der Waals surface area contributed by atoms with Crippen LogP contribution in [0.5, 0.6) is 5.75 Å². The minimum Gasteiger partial charge on any atom is -0.406 e. The van der Waals surface area contributed by atoms with Gasteiger partial charge in [-0.25, -0.2) is 14.5 Å². The van der Waals surface area contributed by atoms with Crippen molar-refractivity contribution < 1.29 is 27.5 Å². The molecule has 0 aliphatic carbocycles. The lowest BCUT2D eigenvalue weighted by molar-refractivity contribution is -0.274. The summed E-state index contributed by atoms with van der Waals surface area (Å²) in [6.45, 7) is 0. The molecule has 94 valence electrons. The predicted molar refractivity (Wildman–Crippen MR) is 51.3 cm³/mol. The predicted octanol–water partition coefficient (Wildman–Crippen LogP) is 3.10. The van der Waals surface area contributed by atoms with Crippen LogP contribution < -0.4 is 9.64 Å². The van der Waals surface area contributed by atoms with Crippen LogP contribution in [0.2, 0.25) is 0 Å². The molecule has 0 aromatic heterocycles. The van der Waals surface area contributed by atoms with Crippen LogP contribution >= 0.6 is 0 Å². The summed E-state index contributed by atoms with van der Waals surface area (Å²) in [5, 5.41) is 6.02. The number of hydrogen-bond acceptors (Lipinski definition) is 3. The molecule has 1 aromatic rings. The standard InChI is InChI=1S/C9H4F3N3O3/c10-9(11,12)18-6-3-1-5(2-4-6)15-7(16)13-14-8(15)17/h1-4H. The average Bonchev–Trinajstić information content (AvgIpc) is 2.58. The van der Waals surface area contributed by atoms with Gasteiger partial charge in [0, 0.05) is 0 Å². The lowest BCUT2D eigenvalue weighted by Gasteiger charge is -2.12. The zero-order valence-corrected chi connectivity index (χ0v) is 8.51. The Hall–Kier alpha value is -2.45. The number of urea groups is 2. The van der Waals surface area contributed by atoms with Crippen molar-refractivity contribution in [2.75, 3.05) is 4.90 Å². The molecule has 1 aliphatic heterocycles. The van der Waals surface area contributed by atoms with E-state index in [0.717, 1.165) is 24.3 Å². The summed E-state index contributed by atoms with van der Waals surface area (Å²) < 4.78 is 39.3. The zero-order valence-electron chi connectivity index (χ0n) is 8.51. The average molecular weight is 259 g/mol. The van der Waals surface area contributed by atoms with Gasteiger partial charge in [-0.3, -0.25) is 0 Å². The van der Waals surface area contributed by atoms with Gasteiger partial charge in [0.25, 0.3) is 0 Å². The van der Waals surface area contributed by atoms with E-state index in [0.29, 0.717) is 4.90 Å². The summed E-state index contributed by atoms with van der Waals surface area (Å²) in [6.07, 6.45) is -4.80. The monoisotopic (exact) mass is 259 g/mol. The van der Waals surface area contributed by atoms with Crippen LogP contribution in [0, 0.1) is 0 Å². The van der Waals surface area contributed by atoms with E-state index >= 15 is 0 Å². The van der Waals surface area contributed by atoms with Crippen molar-refractivity contribution in [3.63, 3.8) is 0 Å². The SMILES string of the molecule is O=C1N=NC(=O)N1c1ccc(OC(F)(F)F)cc1. The summed E-state index contributed by atoms with van der Waals surface area (Å²) in [6, 6.07) is 2.39. The summed E-state index contributed by atoms with van der Waals surface area (Å²) >= 11 is 0. The summed E-state index contributed by atoms with van der Waals surface area (Å²) in [5.74, 6) is -0.459. The van der Waals surface area contributed by atoms with E-state index in [2.05, 4.69) is 15.0 Å². The molecule has 9 heteroatoms. The van der Waals surface area contributed by atoms with Gasteiger partial charge in [0.1, 0.15) is 5.75 Å². The number of rotatable bonds is 2. The number of benzene rings is 1. The molecule has 0 saturated carbocycles. The number of amides is 4. The molecule has 0 N–H and O–H groups in total. The highest BCUT2D eigenvalue weighted by molar-refractivity contribution is 6.17. The second kappa shape index (κ2) is 4.09. The number of alkyl halides is 3. The Labute approximate surface area is 97.7 Å². The first-order valence-electron chi connectivity index (χ1n) is 4.52. The lowest BCUT2D eigenvalue weighted by atomic mass is 10.3. The molecule has 1 aliphatic rings. The maximum Gasteiger partial charge on any atom is 0.573 e. The Morgan fingerprint density at radius 2 is 1.50 bits per heavy atom. The third-order valence-corrected chi connectivity index (χ3v) is 1.93. The molecule has 6 nitrogen and oxygen atoms in total. The fourth-order valence-electron chi connectivity index (χ4n) is 1.27. The van der Waals surface area contributed by atoms with Crippen molar-refractivity contribution in [2.45, 2.75) is 6.36 Å². The van der Waals surface area contributed by atoms with Crippen LogP contribution in [0.4, 0.5) is 28.4 Å². The molecule has 1 aromatic carbocycles. The number of carbonyl (C=O) groups excluding carboxylic acids is 2. The Morgan fingerprint density at radius 3 is 1.94 bits per heavy atom. The number of hydrogen-bond donors (Lipinski definition) is 0. The first-order valence-corrected chi connectivity index (χ1v) is 4.52. The van der Waals surface area contributed by atoms with Gasteiger partial charge in [0.2, 0.25) is 0 Å². The molecule has 0 saturated heterocycles. The van der Waals surface area contributed by atoms with Crippen LogP contribution in [0.1, 0.15) is 0 Å². The number of anilines is 1. The lowest BCUT2D eigenvalue weighted by Crippen LogP contribution is -2.27. The Morgan fingerprint density at radius 1 is 1.00 bits per heavy atom. The Balaban J connectivity index is 2.18. The number of carbonyl (C=O) groups is 2. The van der Waals surface area contributed by atoms with Gasteiger partial charge in [0.15, 0.2) is 0 Å². The van der Waals surface area contributed by atoms with Gasteiger partial charge in [-0.15, -0.1) is 13.2 Å². The van der Waals surface area contributed by atoms with Gasteiger partial charge in [0.05, 0.1) is 5.69 Å². The molecule has 0 atom stereocenters. The van der Waals surface area contributed by atoms with E-state index in [1.54, 1.807) is 0 Å². The number of halogens is 3. The highest BCUT2D eigenvalue weighted by Gasteiger charge is 2.32. The van der Waals surface area contributed by atoms with Crippen LogP contribution in [0.3, 0.4) is 0 Å². The molecule has 0 radical (unpaired) electrons. The summed E-state index contributed by atoms with van der Waals surface area (Å²) in [5.41, 5.74) is 0.0597. The van der Waals surface area contributed by atoms with E-state index in [1.807, 2.05) is 0 Å².